The van der Waals surface area contributed by atoms with Crippen molar-refractivity contribution in [2.45, 2.75) is 12.8 Å². The van der Waals surface area contributed by atoms with Crippen molar-refractivity contribution in [3.05, 3.63) is 22.3 Å². The minimum Gasteiger partial charge on any atom is -0.481 e. The fourth-order valence-corrected chi connectivity index (χ4v) is 1.51. The maximum atomic E-state index is 12.6. The lowest BCUT2D eigenvalue weighted by Gasteiger charge is -2.11. The van der Waals surface area contributed by atoms with E-state index in [1.165, 1.54) is 14.2 Å². The summed E-state index contributed by atoms with van der Waals surface area (Å²) in [5.74, 6) is -0.580. The lowest BCUT2D eigenvalue weighted by Crippen LogP contribution is -2.08. The lowest BCUT2D eigenvalue weighted by molar-refractivity contribution is -0.139. The van der Waals surface area contributed by atoms with E-state index in [9.17, 15) is 13.6 Å². The van der Waals surface area contributed by atoms with E-state index in [2.05, 4.69) is 9.72 Å². The van der Waals surface area contributed by atoms with Gasteiger partial charge in [-0.25, -0.2) is 13.8 Å². The minimum atomic E-state index is -2.77. The van der Waals surface area contributed by atoms with Gasteiger partial charge >= 0.3 is 5.97 Å². The topological polar surface area (TPSA) is 48.4 Å². The fourth-order valence-electron chi connectivity index (χ4n) is 1.23. The smallest absolute Gasteiger partial charge is 0.310 e. The zero-order chi connectivity index (χ0) is 13.0. The van der Waals surface area contributed by atoms with Gasteiger partial charge in [0.2, 0.25) is 5.88 Å². The van der Waals surface area contributed by atoms with Gasteiger partial charge in [-0.3, -0.25) is 4.79 Å². The monoisotopic (exact) mass is 265 g/mol. The van der Waals surface area contributed by atoms with Crippen LogP contribution in [-0.4, -0.2) is 25.2 Å². The van der Waals surface area contributed by atoms with E-state index in [0.717, 1.165) is 6.20 Å². The molecular weight excluding hydrogens is 256 g/mol. The highest BCUT2D eigenvalue weighted by atomic mass is 35.5. The van der Waals surface area contributed by atoms with Gasteiger partial charge in [-0.15, -0.1) is 0 Å². The largest absolute Gasteiger partial charge is 0.481 e. The molecule has 0 fully saturated rings. The van der Waals surface area contributed by atoms with E-state index >= 15 is 0 Å². The third kappa shape index (κ3) is 3.03. The molecule has 0 saturated carbocycles. The second-order valence-corrected chi connectivity index (χ2v) is 3.45. The van der Waals surface area contributed by atoms with Crippen LogP contribution >= 0.6 is 11.6 Å². The number of ether oxygens (including phenoxy) is 2. The third-order valence-electron chi connectivity index (χ3n) is 2.07. The summed E-state index contributed by atoms with van der Waals surface area (Å²) in [4.78, 5) is 14.8. The molecular formula is C10H10ClF2NO3. The number of halogens is 3. The second kappa shape index (κ2) is 5.77. The molecule has 1 rings (SSSR count). The van der Waals surface area contributed by atoms with E-state index in [0.29, 0.717) is 0 Å². The van der Waals surface area contributed by atoms with E-state index in [4.69, 9.17) is 16.3 Å². The Labute approximate surface area is 101 Å². The molecule has 0 atom stereocenters. The maximum absolute atomic E-state index is 12.6. The number of alkyl halides is 2. The summed E-state index contributed by atoms with van der Waals surface area (Å²) in [5, 5.41) is -0.225. The van der Waals surface area contributed by atoms with Crippen molar-refractivity contribution >= 4 is 17.6 Å². The molecule has 0 amide bonds. The highest BCUT2D eigenvalue weighted by molar-refractivity contribution is 6.32. The Bertz CT molecular complexity index is 426. The molecule has 1 aromatic rings. The van der Waals surface area contributed by atoms with Crippen LogP contribution in [0.1, 0.15) is 17.6 Å². The molecule has 0 aromatic carbocycles. The standard InChI is InChI=1S/C10H10ClF2NO3/c1-16-7(15)3-5-8(11)6(9(12)13)4-14-10(5)17-2/h4,9H,3H2,1-2H3. The summed E-state index contributed by atoms with van der Waals surface area (Å²) in [5.41, 5.74) is -0.342. The highest BCUT2D eigenvalue weighted by Gasteiger charge is 2.21. The van der Waals surface area contributed by atoms with Gasteiger partial charge in [0.15, 0.2) is 0 Å². The van der Waals surface area contributed by atoms with Gasteiger partial charge in [-0.1, -0.05) is 11.6 Å². The number of esters is 1. The van der Waals surface area contributed by atoms with Crippen LogP contribution in [0.15, 0.2) is 6.20 Å². The van der Waals surface area contributed by atoms with Crippen LogP contribution in [0.2, 0.25) is 5.02 Å². The Morgan fingerprint density at radius 3 is 2.65 bits per heavy atom. The Morgan fingerprint density at radius 2 is 2.18 bits per heavy atom. The van der Waals surface area contributed by atoms with Crippen molar-refractivity contribution in [3.8, 4) is 5.88 Å². The molecule has 0 aliphatic carbocycles. The van der Waals surface area contributed by atoms with Crippen LogP contribution in [0.25, 0.3) is 0 Å². The van der Waals surface area contributed by atoms with Gasteiger partial charge in [0, 0.05) is 11.8 Å². The average Bonchev–Trinajstić information content (AvgIpc) is 2.30. The predicted octanol–water partition coefficient (Wildman–Crippen LogP) is 2.40. The van der Waals surface area contributed by atoms with E-state index in [-0.39, 0.29) is 22.9 Å². The summed E-state index contributed by atoms with van der Waals surface area (Å²) >= 11 is 5.78. The molecule has 0 bridgehead atoms. The summed E-state index contributed by atoms with van der Waals surface area (Å²) in [6, 6.07) is 0. The highest BCUT2D eigenvalue weighted by Crippen LogP contribution is 2.33. The van der Waals surface area contributed by atoms with Gasteiger partial charge in [-0.2, -0.15) is 0 Å². The summed E-state index contributed by atoms with van der Waals surface area (Å²) < 4.78 is 34.5. The Morgan fingerprint density at radius 1 is 1.53 bits per heavy atom. The third-order valence-corrected chi connectivity index (χ3v) is 2.52. The number of hydrogen-bond acceptors (Lipinski definition) is 4. The molecule has 4 nitrogen and oxygen atoms in total. The first-order valence-electron chi connectivity index (χ1n) is 4.57. The zero-order valence-electron chi connectivity index (χ0n) is 9.17. The van der Waals surface area contributed by atoms with Gasteiger partial charge in [0.25, 0.3) is 6.43 Å². The normalized spacial score (nSPS) is 10.5. The molecule has 0 spiro atoms. The van der Waals surface area contributed by atoms with Crippen molar-refractivity contribution in [2.75, 3.05) is 14.2 Å². The lowest BCUT2D eigenvalue weighted by atomic mass is 10.1. The van der Waals surface area contributed by atoms with Crippen molar-refractivity contribution in [1.82, 2.24) is 4.98 Å². The molecule has 0 aliphatic rings. The van der Waals surface area contributed by atoms with E-state index in [1.807, 2.05) is 0 Å². The van der Waals surface area contributed by atoms with E-state index in [1.54, 1.807) is 0 Å². The Kier molecular flexibility index (Phi) is 4.62. The van der Waals surface area contributed by atoms with Crippen molar-refractivity contribution in [2.24, 2.45) is 0 Å². The number of nitrogens with zero attached hydrogens (tertiary/aromatic N) is 1. The molecule has 0 aliphatic heterocycles. The zero-order valence-corrected chi connectivity index (χ0v) is 9.92. The van der Waals surface area contributed by atoms with Crippen molar-refractivity contribution in [3.63, 3.8) is 0 Å². The number of hydrogen-bond donors (Lipinski definition) is 0. The summed E-state index contributed by atoms with van der Waals surface area (Å²) in [7, 11) is 2.49. The van der Waals surface area contributed by atoms with Crippen LogP contribution in [0.5, 0.6) is 5.88 Å². The summed E-state index contributed by atoms with van der Waals surface area (Å²) in [6.07, 6.45) is -2.11. The minimum absolute atomic E-state index is 0.0322. The first-order chi connectivity index (χ1) is 8.01. The number of pyridine rings is 1. The molecule has 0 N–H and O–H groups in total. The van der Waals surface area contributed by atoms with Gasteiger partial charge in [-0.05, 0) is 0 Å². The molecule has 17 heavy (non-hydrogen) atoms. The van der Waals surface area contributed by atoms with Crippen LogP contribution < -0.4 is 4.74 Å². The quantitative estimate of drug-likeness (QED) is 0.785. The molecule has 0 radical (unpaired) electrons. The molecule has 0 unspecified atom stereocenters. The first-order valence-corrected chi connectivity index (χ1v) is 4.95. The predicted molar refractivity (Wildman–Crippen MR) is 56.5 cm³/mol. The van der Waals surface area contributed by atoms with Gasteiger partial charge in [0.1, 0.15) is 0 Å². The van der Waals surface area contributed by atoms with Gasteiger partial charge < -0.3 is 9.47 Å². The number of aromatic nitrogens is 1. The Hall–Kier alpha value is -1.43. The second-order valence-electron chi connectivity index (χ2n) is 3.07. The molecule has 1 aromatic heterocycles. The first kappa shape index (κ1) is 13.6. The fraction of sp³-hybridized carbons (Fsp3) is 0.400. The number of methoxy groups -OCH3 is 2. The molecule has 94 valence electrons. The SMILES string of the molecule is COC(=O)Cc1c(OC)ncc(C(F)F)c1Cl. The number of carbonyl (C=O) groups excluding carboxylic acids is 1. The van der Waals surface area contributed by atoms with Crippen LogP contribution in [0, 0.1) is 0 Å². The van der Waals surface area contributed by atoms with Crippen molar-refractivity contribution < 1.29 is 23.0 Å². The molecule has 7 heteroatoms. The van der Waals surface area contributed by atoms with E-state index < -0.39 is 18.0 Å². The maximum Gasteiger partial charge on any atom is 0.310 e. The molecule has 1 heterocycles. The van der Waals surface area contributed by atoms with Crippen LogP contribution in [0.3, 0.4) is 0 Å². The van der Waals surface area contributed by atoms with Crippen molar-refractivity contribution in [1.29, 1.82) is 0 Å². The average molecular weight is 266 g/mol. The Balaban J connectivity index is 3.22. The van der Waals surface area contributed by atoms with Gasteiger partial charge in [0.05, 0.1) is 31.2 Å². The number of rotatable bonds is 4. The number of carbonyl (C=O) groups is 1. The van der Waals surface area contributed by atoms with Crippen LogP contribution in [-0.2, 0) is 16.0 Å². The molecule has 0 saturated heterocycles. The van der Waals surface area contributed by atoms with Crippen LogP contribution in [0.4, 0.5) is 8.78 Å². The summed E-state index contributed by atoms with van der Waals surface area (Å²) in [6.45, 7) is 0.